The van der Waals surface area contributed by atoms with E-state index in [9.17, 15) is 4.79 Å². The summed E-state index contributed by atoms with van der Waals surface area (Å²) in [6, 6.07) is 10.2. The molecule has 0 unspecified atom stereocenters. The van der Waals surface area contributed by atoms with Crippen LogP contribution in [0.25, 0.3) is 19.5 Å². The number of carbonyl (C=O) groups is 1. The zero-order valence-electron chi connectivity index (χ0n) is 10.8. The van der Waals surface area contributed by atoms with Crippen LogP contribution in [-0.4, -0.2) is 11.1 Å². The van der Waals surface area contributed by atoms with Crippen molar-refractivity contribution in [2.45, 2.75) is 13.3 Å². The second kappa shape index (κ2) is 5.52. The standard InChI is InChI=1S/C15H12O2S3/c1-2-9-8-13(15(16)17)20-14(9)12-6-5-11(19-12)10-4-3-7-18-10/h3-8H,2H2,1H3,(H,16,17). The fraction of sp³-hybridized carbons (Fsp3) is 0.133. The first-order chi connectivity index (χ1) is 9.69. The molecule has 3 aromatic rings. The Balaban J connectivity index is 2.03. The van der Waals surface area contributed by atoms with Crippen molar-refractivity contribution in [3.05, 3.63) is 46.2 Å². The van der Waals surface area contributed by atoms with E-state index < -0.39 is 5.97 Å². The van der Waals surface area contributed by atoms with Crippen molar-refractivity contribution in [1.29, 1.82) is 0 Å². The summed E-state index contributed by atoms with van der Waals surface area (Å²) in [6.45, 7) is 2.06. The van der Waals surface area contributed by atoms with Crippen LogP contribution in [0.2, 0.25) is 0 Å². The predicted molar refractivity (Wildman–Crippen MR) is 87.3 cm³/mol. The van der Waals surface area contributed by atoms with Crippen LogP contribution in [0, 0.1) is 0 Å². The molecular weight excluding hydrogens is 308 g/mol. The van der Waals surface area contributed by atoms with Gasteiger partial charge in [-0.2, -0.15) is 0 Å². The molecule has 3 aromatic heterocycles. The van der Waals surface area contributed by atoms with Crippen LogP contribution >= 0.6 is 34.0 Å². The first-order valence-corrected chi connectivity index (χ1v) is 8.70. The van der Waals surface area contributed by atoms with Crippen molar-refractivity contribution in [3.8, 4) is 19.5 Å². The Morgan fingerprint density at radius 3 is 2.60 bits per heavy atom. The quantitative estimate of drug-likeness (QED) is 0.692. The molecule has 0 bridgehead atoms. The van der Waals surface area contributed by atoms with Crippen LogP contribution in [0.5, 0.6) is 0 Å². The highest BCUT2D eigenvalue weighted by Crippen LogP contribution is 2.41. The molecule has 2 nitrogen and oxygen atoms in total. The van der Waals surface area contributed by atoms with E-state index in [1.807, 2.05) is 6.07 Å². The van der Waals surface area contributed by atoms with Gasteiger partial charge in [0.15, 0.2) is 0 Å². The van der Waals surface area contributed by atoms with E-state index in [4.69, 9.17) is 5.11 Å². The number of aryl methyl sites for hydroxylation is 1. The number of hydrogen-bond acceptors (Lipinski definition) is 4. The van der Waals surface area contributed by atoms with Crippen LogP contribution in [-0.2, 0) is 6.42 Å². The van der Waals surface area contributed by atoms with Gasteiger partial charge >= 0.3 is 5.97 Å². The highest BCUT2D eigenvalue weighted by Gasteiger charge is 2.16. The van der Waals surface area contributed by atoms with Crippen molar-refractivity contribution >= 4 is 40.0 Å². The summed E-state index contributed by atoms with van der Waals surface area (Å²) in [6.07, 6.45) is 0.853. The molecule has 0 saturated carbocycles. The molecule has 1 N–H and O–H groups in total. The molecule has 0 fully saturated rings. The van der Waals surface area contributed by atoms with Gasteiger partial charge < -0.3 is 5.11 Å². The number of rotatable bonds is 4. The lowest BCUT2D eigenvalue weighted by atomic mass is 10.2. The maximum Gasteiger partial charge on any atom is 0.345 e. The van der Waals surface area contributed by atoms with Crippen LogP contribution < -0.4 is 0 Å². The molecule has 0 saturated heterocycles. The van der Waals surface area contributed by atoms with E-state index in [1.54, 1.807) is 28.7 Å². The van der Waals surface area contributed by atoms with Crippen LogP contribution in [0.3, 0.4) is 0 Å². The number of carboxylic acids is 1. The second-order valence-corrected chi connectivity index (χ2v) is 7.35. The van der Waals surface area contributed by atoms with Crippen molar-refractivity contribution in [3.63, 3.8) is 0 Å². The zero-order chi connectivity index (χ0) is 14.1. The average Bonchev–Trinajstić information content (AvgIpc) is 3.17. The topological polar surface area (TPSA) is 37.3 Å². The fourth-order valence-electron chi connectivity index (χ4n) is 2.02. The fourth-order valence-corrected chi connectivity index (χ4v) is 5.09. The summed E-state index contributed by atoms with van der Waals surface area (Å²) in [5.74, 6) is -0.842. The van der Waals surface area contributed by atoms with Gasteiger partial charge in [-0.15, -0.1) is 34.0 Å². The van der Waals surface area contributed by atoms with E-state index in [0.29, 0.717) is 4.88 Å². The van der Waals surface area contributed by atoms with Crippen molar-refractivity contribution in [2.75, 3.05) is 0 Å². The first kappa shape index (κ1) is 13.5. The number of carboxylic acid groups (broad SMARTS) is 1. The number of thiophene rings is 3. The van der Waals surface area contributed by atoms with Crippen molar-refractivity contribution < 1.29 is 9.90 Å². The Kier molecular flexibility index (Phi) is 3.74. The molecule has 5 heteroatoms. The highest BCUT2D eigenvalue weighted by molar-refractivity contribution is 7.26. The smallest absolute Gasteiger partial charge is 0.345 e. The zero-order valence-corrected chi connectivity index (χ0v) is 13.2. The molecule has 0 spiro atoms. The van der Waals surface area contributed by atoms with E-state index in [-0.39, 0.29) is 0 Å². The molecule has 0 atom stereocenters. The highest BCUT2D eigenvalue weighted by atomic mass is 32.1. The molecule has 0 aliphatic heterocycles. The SMILES string of the molecule is CCc1cc(C(=O)O)sc1-c1ccc(-c2cccs2)s1. The summed E-state index contributed by atoms with van der Waals surface area (Å²) in [5, 5.41) is 11.2. The summed E-state index contributed by atoms with van der Waals surface area (Å²) in [4.78, 5) is 16.3. The minimum Gasteiger partial charge on any atom is -0.477 e. The Hall–Kier alpha value is -1.43. The molecule has 3 rings (SSSR count). The molecule has 20 heavy (non-hydrogen) atoms. The Labute approximate surface area is 129 Å². The van der Waals surface area contributed by atoms with Crippen LogP contribution in [0.15, 0.2) is 35.7 Å². The van der Waals surface area contributed by atoms with E-state index in [1.165, 1.54) is 21.1 Å². The normalized spacial score (nSPS) is 10.8. The molecule has 3 heterocycles. The molecule has 0 aliphatic carbocycles. The Morgan fingerprint density at radius 2 is 1.95 bits per heavy atom. The summed E-state index contributed by atoms with van der Waals surface area (Å²) >= 11 is 4.82. The minimum absolute atomic E-state index is 0.419. The summed E-state index contributed by atoms with van der Waals surface area (Å²) in [5.41, 5.74) is 1.12. The second-order valence-electron chi connectivity index (χ2n) is 4.26. The molecular formula is C15H12O2S3. The third-order valence-corrected chi connectivity index (χ3v) is 6.49. The van der Waals surface area contributed by atoms with Gasteiger partial charge in [0.25, 0.3) is 0 Å². The maximum atomic E-state index is 11.1. The van der Waals surface area contributed by atoms with Gasteiger partial charge in [0, 0.05) is 19.5 Å². The van der Waals surface area contributed by atoms with E-state index in [2.05, 4.69) is 30.5 Å². The van der Waals surface area contributed by atoms with Gasteiger partial charge in [-0.05, 0) is 41.6 Å². The van der Waals surface area contributed by atoms with E-state index >= 15 is 0 Å². The lowest BCUT2D eigenvalue weighted by molar-refractivity contribution is 0.0702. The summed E-state index contributed by atoms with van der Waals surface area (Å²) in [7, 11) is 0. The molecule has 0 amide bonds. The lowest BCUT2D eigenvalue weighted by Crippen LogP contribution is -1.90. The van der Waals surface area contributed by atoms with Gasteiger partial charge in [-0.3, -0.25) is 0 Å². The first-order valence-electron chi connectivity index (χ1n) is 6.19. The Morgan fingerprint density at radius 1 is 1.15 bits per heavy atom. The van der Waals surface area contributed by atoms with Gasteiger partial charge in [0.1, 0.15) is 4.88 Å². The van der Waals surface area contributed by atoms with Gasteiger partial charge in [0.05, 0.1) is 0 Å². The van der Waals surface area contributed by atoms with Gasteiger partial charge in [-0.25, -0.2) is 4.79 Å². The predicted octanol–water partition coefficient (Wildman–Crippen LogP) is 5.47. The largest absolute Gasteiger partial charge is 0.477 e. The molecule has 0 aliphatic rings. The van der Waals surface area contributed by atoms with E-state index in [0.717, 1.165) is 21.7 Å². The molecule has 102 valence electrons. The third-order valence-electron chi connectivity index (χ3n) is 2.99. The Bertz CT molecular complexity index is 735. The molecule has 0 radical (unpaired) electrons. The monoisotopic (exact) mass is 320 g/mol. The van der Waals surface area contributed by atoms with Gasteiger partial charge in [-0.1, -0.05) is 13.0 Å². The summed E-state index contributed by atoms with van der Waals surface area (Å²) < 4.78 is 0. The maximum absolute atomic E-state index is 11.1. The van der Waals surface area contributed by atoms with Crippen LogP contribution in [0.4, 0.5) is 0 Å². The molecule has 0 aromatic carbocycles. The van der Waals surface area contributed by atoms with Crippen LogP contribution in [0.1, 0.15) is 22.2 Å². The number of aromatic carboxylic acids is 1. The third kappa shape index (κ3) is 2.44. The minimum atomic E-state index is -0.842. The van der Waals surface area contributed by atoms with Crippen molar-refractivity contribution in [2.24, 2.45) is 0 Å². The van der Waals surface area contributed by atoms with Crippen molar-refractivity contribution in [1.82, 2.24) is 0 Å². The van der Waals surface area contributed by atoms with Gasteiger partial charge in [0.2, 0.25) is 0 Å². The average molecular weight is 320 g/mol. The number of hydrogen-bond donors (Lipinski definition) is 1. The lowest BCUT2D eigenvalue weighted by Gasteiger charge is -1.96.